The zero-order chi connectivity index (χ0) is 19.4. The molecule has 0 spiro atoms. The van der Waals surface area contributed by atoms with Crippen LogP contribution in [0.3, 0.4) is 0 Å². The van der Waals surface area contributed by atoms with Crippen molar-refractivity contribution in [1.82, 2.24) is 9.80 Å². The van der Waals surface area contributed by atoms with Gasteiger partial charge in [-0.25, -0.2) is 0 Å². The molecule has 0 N–H and O–H groups in total. The maximum Gasteiger partial charge on any atom is 2.00 e. The largest absolute Gasteiger partial charge is 2.00 e. The van der Waals surface area contributed by atoms with Crippen LogP contribution in [0.15, 0.2) is 0 Å². The molecule has 0 atom stereocenters. The van der Waals surface area contributed by atoms with Gasteiger partial charge >= 0.3 is 16.8 Å². The molecule has 0 saturated heterocycles. The average Bonchev–Trinajstić information content (AvgIpc) is 2.16. The van der Waals surface area contributed by atoms with Gasteiger partial charge in [-0.3, -0.25) is 9.80 Å². The summed E-state index contributed by atoms with van der Waals surface area (Å²) in [6.07, 6.45) is -5.63. The number of rotatable bonds is 11. The minimum Gasteiger partial charge on any atom is -0.810 e. The van der Waals surface area contributed by atoms with Crippen LogP contribution in [0.5, 0.6) is 0 Å². The molecule has 19 heteroatoms. The van der Waals surface area contributed by atoms with Gasteiger partial charge in [-0.1, -0.05) is 30.4 Å². The van der Waals surface area contributed by atoms with Crippen molar-refractivity contribution >= 4 is 30.4 Å². The first-order chi connectivity index (χ1) is 10.4. The second-order valence-electron chi connectivity index (χ2n) is 4.80. The molecule has 0 aliphatic carbocycles. The van der Waals surface area contributed by atoms with Crippen molar-refractivity contribution < 1.29 is 74.2 Å². The summed E-state index contributed by atoms with van der Waals surface area (Å²) >= 11 is 0. The van der Waals surface area contributed by atoms with Gasteiger partial charge < -0.3 is 57.4 Å². The van der Waals surface area contributed by atoms with Crippen LogP contribution in [-0.4, -0.2) is 48.0 Å². The van der Waals surface area contributed by atoms with E-state index in [4.69, 9.17) is 0 Å². The molecule has 0 heterocycles. The fraction of sp³-hybridized carbons (Fsp3) is 1.00. The molecular formula is C6H12CoN2O12P4-6. The Morgan fingerprint density at radius 2 is 0.640 bits per heavy atom. The van der Waals surface area contributed by atoms with Gasteiger partial charge in [0.2, 0.25) is 0 Å². The van der Waals surface area contributed by atoms with Gasteiger partial charge in [-0.05, 0) is 0 Å². The molecule has 0 aliphatic rings. The Hall–Kier alpha value is 1.03. The van der Waals surface area contributed by atoms with E-state index < -0.39 is 68.6 Å². The molecule has 0 bridgehead atoms. The van der Waals surface area contributed by atoms with E-state index in [-0.39, 0.29) is 16.8 Å². The second-order valence-corrected chi connectivity index (χ2v) is 10.8. The Bertz CT molecular complexity index is 492. The normalized spacial score (nSPS) is 14.0. The summed E-state index contributed by atoms with van der Waals surface area (Å²) in [4.78, 5) is 85.9. The average molecular weight is 487 g/mol. The number of nitrogens with zero attached hydrogens (tertiary/aromatic N) is 2. The maximum absolute atomic E-state index is 10.7. The van der Waals surface area contributed by atoms with E-state index in [1.165, 1.54) is 0 Å². The summed E-state index contributed by atoms with van der Waals surface area (Å²) < 4.78 is 42.7. The van der Waals surface area contributed by atoms with E-state index in [1.54, 1.807) is 0 Å². The molecule has 0 aliphatic heterocycles. The van der Waals surface area contributed by atoms with Crippen LogP contribution in [-0.2, 0) is 35.0 Å². The molecule has 0 unspecified atom stereocenters. The Morgan fingerprint density at radius 1 is 0.480 bits per heavy atom. The molecule has 0 aromatic carbocycles. The topological polar surface area (TPSA) is 259 Å². The molecular weight excluding hydrogens is 475 g/mol. The van der Waals surface area contributed by atoms with Crippen LogP contribution in [0.1, 0.15) is 0 Å². The van der Waals surface area contributed by atoms with Crippen LogP contribution < -0.4 is 39.1 Å². The SMILES string of the molecule is O=P([O-])([O-])CN(CCN(CP(=O)([O-])[O-])CP(=O)([O-])[O-])CP(=O)([O-])[O-].[Co+2]. The molecule has 0 aromatic rings. The monoisotopic (exact) mass is 487 g/mol. The minimum atomic E-state index is -5.30. The van der Waals surface area contributed by atoms with Crippen molar-refractivity contribution in [2.75, 3.05) is 38.2 Å². The van der Waals surface area contributed by atoms with Gasteiger partial charge in [0, 0.05) is 38.2 Å². The number of hydrogen-bond acceptors (Lipinski definition) is 14. The van der Waals surface area contributed by atoms with Crippen LogP contribution >= 0.6 is 30.4 Å². The van der Waals surface area contributed by atoms with Crippen LogP contribution in [0.2, 0.25) is 0 Å². The summed E-state index contributed by atoms with van der Waals surface area (Å²) in [6.45, 7) is -1.55. The first kappa shape index (κ1) is 28.2. The predicted molar refractivity (Wildman–Crippen MR) is 63.3 cm³/mol. The fourth-order valence-electron chi connectivity index (χ4n) is 1.63. The Kier molecular flexibility index (Phi) is 11.9. The minimum absolute atomic E-state index is 0. The predicted octanol–water partition coefficient (Wildman–Crippen LogP) is -6.93. The molecule has 0 saturated carbocycles. The Morgan fingerprint density at radius 3 is 0.760 bits per heavy atom. The van der Waals surface area contributed by atoms with Gasteiger partial charge in [0.05, 0.1) is 0 Å². The van der Waals surface area contributed by atoms with Crippen molar-refractivity contribution in [2.24, 2.45) is 0 Å². The van der Waals surface area contributed by atoms with Crippen LogP contribution in [0.4, 0.5) is 0 Å². The molecule has 0 rings (SSSR count). The summed E-state index contributed by atoms with van der Waals surface area (Å²) in [5, 5.41) is 0. The first-order valence-electron chi connectivity index (χ1n) is 5.85. The van der Waals surface area contributed by atoms with Crippen molar-refractivity contribution in [3.63, 3.8) is 0 Å². The molecule has 0 fully saturated rings. The summed E-state index contributed by atoms with van der Waals surface area (Å²) in [7, 11) is -21.2. The van der Waals surface area contributed by atoms with E-state index in [2.05, 4.69) is 0 Å². The zero-order valence-electron chi connectivity index (χ0n) is 12.2. The van der Waals surface area contributed by atoms with Gasteiger partial charge in [0.1, 0.15) is 0 Å². The van der Waals surface area contributed by atoms with Gasteiger partial charge in [0.25, 0.3) is 0 Å². The number of hydrogen-bond donors (Lipinski definition) is 0. The first-order valence-corrected chi connectivity index (χ1v) is 12.8. The molecule has 1 radical (unpaired) electrons. The van der Waals surface area contributed by atoms with Crippen LogP contribution in [0, 0.1) is 0 Å². The van der Waals surface area contributed by atoms with Crippen molar-refractivity contribution in [3.05, 3.63) is 0 Å². The van der Waals surface area contributed by atoms with Gasteiger partial charge in [-0.15, -0.1) is 0 Å². The molecule has 0 amide bonds. The van der Waals surface area contributed by atoms with Crippen LogP contribution in [0.25, 0.3) is 0 Å². The molecule has 153 valence electrons. The maximum atomic E-state index is 10.7. The van der Waals surface area contributed by atoms with Crippen molar-refractivity contribution in [3.8, 4) is 0 Å². The van der Waals surface area contributed by atoms with E-state index in [9.17, 15) is 57.4 Å². The van der Waals surface area contributed by atoms with Crippen molar-refractivity contribution in [1.29, 1.82) is 0 Å². The van der Waals surface area contributed by atoms with E-state index in [1.807, 2.05) is 0 Å². The quantitative estimate of drug-likeness (QED) is 0.245. The molecule has 14 nitrogen and oxygen atoms in total. The smallest absolute Gasteiger partial charge is 0.810 e. The van der Waals surface area contributed by atoms with E-state index in [0.29, 0.717) is 9.80 Å². The Balaban J connectivity index is 0. The van der Waals surface area contributed by atoms with Gasteiger partial charge in [-0.2, -0.15) is 0 Å². The second kappa shape index (κ2) is 10.5. The third kappa shape index (κ3) is 19.6. The standard InChI is InChI=1S/C6H20N2O12P4.Co/c9-21(10,11)3-7(4-22(12,13)14)1-2-8(5-23(15,16)17)6-24(18,19)20;/h1-6H2,(H2,9,10,11)(H2,12,13,14)(H2,15,16,17)(H2,18,19,20);/q;+2/p-8. The van der Waals surface area contributed by atoms with Gasteiger partial charge in [0.15, 0.2) is 0 Å². The van der Waals surface area contributed by atoms with E-state index in [0.717, 1.165) is 0 Å². The molecule has 0 aromatic heterocycles. The van der Waals surface area contributed by atoms with E-state index >= 15 is 0 Å². The third-order valence-electron chi connectivity index (χ3n) is 2.23. The summed E-state index contributed by atoms with van der Waals surface area (Å²) in [6, 6.07) is 0. The molecule has 25 heavy (non-hydrogen) atoms. The van der Waals surface area contributed by atoms with Crippen molar-refractivity contribution in [2.45, 2.75) is 0 Å². The summed E-state index contributed by atoms with van der Waals surface area (Å²) in [5.41, 5.74) is 0. The zero-order valence-corrected chi connectivity index (χ0v) is 16.8. The summed E-state index contributed by atoms with van der Waals surface area (Å²) in [5.74, 6) is 0. The third-order valence-corrected chi connectivity index (χ3v) is 5.21. The fourth-order valence-corrected chi connectivity index (χ4v) is 4.88. The Labute approximate surface area is 153 Å².